The SMILES string of the molecule is Cc1ccc(SCCn2cnc3sc(C)c(-c4ccccc4)c3c2=O)cc1. The van der Waals surface area contributed by atoms with Gasteiger partial charge in [-0.2, -0.15) is 0 Å². The molecule has 3 nitrogen and oxygen atoms in total. The summed E-state index contributed by atoms with van der Waals surface area (Å²) in [6, 6.07) is 18.6. The average Bonchev–Trinajstić information content (AvgIpc) is 3.02. The summed E-state index contributed by atoms with van der Waals surface area (Å²) in [6.07, 6.45) is 1.69. The predicted octanol–water partition coefficient (Wildman–Crippen LogP) is 5.53. The molecular formula is C22H20N2OS2. The Morgan fingerprint density at radius 2 is 1.78 bits per heavy atom. The highest BCUT2D eigenvalue weighted by Crippen LogP contribution is 2.35. The Hall–Kier alpha value is -2.37. The van der Waals surface area contributed by atoms with Crippen molar-refractivity contribution in [3.63, 3.8) is 0 Å². The smallest absolute Gasteiger partial charge is 0.262 e. The van der Waals surface area contributed by atoms with Crippen molar-refractivity contribution in [3.8, 4) is 11.1 Å². The van der Waals surface area contributed by atoms with Crippen molar-refractivity contribution in [3.05, 3.63) is 81.7 Å². The molecule has 0 bridgehead atoms. The highest BCUT2D eigenvalue weighted by Gasteiger charge is 2.16. The third-order valence-corrected chi connectivity index (χ3v) is 6.54. The van der Waals surface area contributed by atoms with E-state index in [9.17, 15) is 4.79 Å². The second-order valence-electron chi connectivity index (χ2n) is 6.48. The number of hydrogen-bond acceptors (Lipinski definition) is 4. The maximum Gasteiger partial charge on any atom is 0.262 e. The Morgan fingerprint density at radius 3 is 2.52 bits per heavy atom. The maximum absolute atomic E-state index is 13.1. The molecule has 0 saturated carbocycles. The van der Waals surface area contributed by atoms with Crippen LogP contribution in [0, 0.1) is 13.8 Å². The molecule has 0 aliphatic heterocycles. The van der Waals surface area contributed by atoms with Gasteiger partial charge in [-0.25, -0.2) is 4.98 Å². The number of nitrogens with zero attached hydrogens (tertiary/aromatic N) is 2. The minimum atomic E-state index is 0.0488. The van der Waals surface area contributed by atoms with Gasteiger partial charge in [-0.05, 0) is 31.5 Å². The quantitative estimate of drug-likeness (QED) is 0.419. The molecule has 5 heteroatoms. The number of aromatic nitrogens is 2. The van der Waals surface area contributed by atoms with Gasteiger partial charge in [0.2, 0.25) is 0 Å². The largest absolute Gasteiger partial charge is 0.298 e. The summed E-state index contributed by atoms with van der Waals surface area (Å²) < 4.78 is 1.74. The second kappa shape index (κ2) is 7.71. The summed E-state index contributed by atoms with van der Waals surface area (Å²) in [5.41, 5.74) is 3.40. The Bertz CT molecular complexity index is 1130. The molecule has 0 N–H and O–H groups in total. The monoisotopic (exact) mass is 392 g/mol. The molecule has 0 amide bonds. The van der Waals surface area contributed by atoms with Crippen LogP contribution in [0.5, 0.6) is 0 Å². The summed E-state index contributed by atoms with van der Waals surface area (Å²) in [5.74, 6) is 0.833. The molecule has 2 heterocycles. The fraction of sp³-hybridized carbons (Fsp3) is 0.182. The first-order chi connectivity index (χ1) is 13.1. The lowest BCUT2D eigenvalue weighted by Crippen LogP contribution is -2.21. The van der Waals surface area contributed by atoms with Gasteiger partial charge in [0.25, 0.3) is 5.56 Å². The van der Waals surface area contributed by atoms with Crippen molar-refractivity contribution >= 4 is 33.3 Å². The van der Waals surface area contributed by atoms with Crippen LogP contribution in [0.15, 0.2) is 70.6 Å². The fourth-order valence-corrected chi connectivity index (χ4v) is 5.00. The van der Waals surface area contributed by atoms with Crippen molar-refractivity contribution in [2.24, 2.45) is 0 Å². The van der Waals surface area contributed by atoms with Gasteiger partial charge in [0.05, 0.1) is 11.7 Å². The zero-order valence-electron chi connectivity index (χ0n) is 15.3. The third kappa shape index (κ3) is 3.70. The van der Waals surface area contributed by atoms with E-state index >= 15 is 0 Å². The molecule has 0 radical (unpaired) electrons. The highest BCUT2D eigenvalue weighted by molar-refractivity contribution is 7.99. The predicted molar refractivity (Wildman–Crippen MR) is 116 cm³/mol. The lowest BCUT2D eigenvalue weighted by atomic mass is 10.0. The molecule has 2 aromatic heterocycles. The van der Waals surface area contributed by atoms with Gasteiger partial charge >= 0.3 is 0 Å². The summed E-state index contributed by atoms with van der Waals surface area (Å²) in [5, 5.41) is 0.742. The number of thioether (sulfide) groups is 1. The van der Waals surface area contributed by atoms with Crippen molar-refractivity contribution in [1.29, 1.82) is 0 Å². The Labute approximate surface area is 166 Å². The lowest BCUT2D eigenvalue weighted by molar-refractivity contribution is 0.726. The van der Waals surface area contributed by atoms with Crippen LogP contribution in [-0.4, -0.2) is 15.3 Å². The highest BCUT2D eigenvalue weighted by atomic mass is 32.2. The number of aryl methyl sites for hydroxylation is 3. The first kappa shape index (κ1) is 18.0. The van der Waals surface area contributed by atoms with E-state index in [4.69, 9.17) is 0 Å². The number of hydrogen-bond donors (Lipinski definition) is 0. The standard InChI is InChI=1S/C22H20N2OS2/c1-15-8-10-18(11-9-15)26-13-12-24-14-23-21-20(22(24)25)19(16(2)27-21)17-6-4-3-5-7-17/h3-11,14H,12-13H2,1-2H3. The topological polar surface area (TPSA) is 34.9 Å². The Morgan fingerprint density at radius 1 is 1.04 bits per heavy atom. The van der Waals surface area contributed by atoms with Crippen LogP contribution in [0.25, 0.3) is 21.3 Å². The van der Waals surface area contributed by atoms with Crippen LogP contribution < -0.4 is 5.56 Å². The Balaban J connectivity index is 1.64. The van der Waals surface area contributed by atoms with Crippen LogP contribution in [0.4, 0.5) is 0 Å². The molecule has 0 unspecified atom stereocenters. The van der Waals surface area contributed by atoms with Gasteiger partial charge in [0.1, 0.15) is 4.83 Å². The van der Waals surface area contributed by atoms with Crippen LogP contribution >= 0.6 is 23.1 Å². The molecule has 4 aromatic rings. The van der Waals surface area contributed by atoms with E-state index in [2.05, 4.69) is 55.2 Å². The van der Waals surface area contributed by atoms with E-state index in [1.165, 1.54) is 10.5 Å². The van der Waals surface area contributed by atoms with E-state index in [1.54, 1.807) is 34.0 Å². The summed E-state index contributed by atoms with van der Waals surface area (Å²) in [6.45, 7) is 4.79. The van der Waals surface area contributed by atoms with E-state index < -0.39 is 0 Å². The second-order valence-corrected chi connectivity index (χ2v) is 8.86. The zero-order chi connectivity index (χ0) is 18.8. The average molecular weight is 393 g/mol. The molecule has 0 saturated heterocycles. The van der Waals surface area contributed by atoms with Gasteiger partial charge in [-0.15, -0.1) is 23.1 Å². The summed E-state index contributed by atoms with van der Waals surface area (Å²) >= 11 is 3.35. The third-order valence-electron chi connectivity index (χ3n) is 4.54. The Kier molecular flexibility index (Phi) is 5.14. The van der Waals surface area contributed by atoms with Crippen molar-refractivity contribution < 1.29 is 0 Å². The van der Waals surface area contributed by atoms with Crippen molar-refractivity contribution in [2.75, 3.05) is 5.75 Å². The summed E-state index contributed by atoms with van der Waals surface area (Å²) in [7, 11) is 0. The zero-order valence-corrected chi connectivity index (χ0v) is 16.9. The van der Waals surface area contributed by atoms with E-state index in [0.29, 0.717) is 6.54 Å². The van der Waals surface area contributed by atoms with Gasteiger partial charge < -0.3 is 0 Å². The molecule has 2 aromatic carbocycles. The van der Waals surface area contributed by atoms with Crippen LogP contribution in [0.2, 0.25) is 0 Å². The van der Waals surface area contributed by atoms with Gasteiger partial charge in [0, 0.05) is 27.6 Å². The first-order valence-electron chi connectivity index (χ1n) is 8.87. The van der Waals surface area contributed by atoms with Crippen LogP contribution in [0.1, 0.15) is 10.4 Å². The van der Waals surface area contributed by atoms with Gasteiger partial charge in [0.15, 0.2) is 0 Å². The lowest BCUT2D eigenvalue weighted by Gasteiger charge is -2.07. The molecule has 0 spiro atoms. The number of thiophene rings is 1. The minimum Gasteiger partial charge on any atom is -0.298 e. The maximum atomic E-state index is 13.1. The van der Waals surface area contributed by atoms with Gasteiger partial charge in [-0.3, -0.25) is 9.36 Å². The van der Waals surface area contributed by atoms with Crippen LogP contribution in [-0.2, 0) is 6.54 Å². The number of benzene rings is 2. The van der Waals surface area contributed by atoms with E-state index in [1.807, 2.05) is 18.2 Å². The molecule has 0 atom stereocenters. The number of rotatable bonds is 5. The summed E-state index contributed by atoms with van der Waals surface area (Å²) in [4.78, 5) is 20.9. The van der Waals surface area contributed by atoms with Crippen molar-refractivity contribution in [2.45, 2.75) is 25.3 Å². The first-order valence-corrected chi connectivity index (χ1v) is 10.7. The minimum absolute atomic E-state index is 0.0488. The molecule has 4 rings (SSSR count). The fourth-order valence-electron chi connectivity index (χ4n) is 3.15. The molecule has 0 aliphatic rings. The van der Waals surface area contributed by atoms with Crippen molar-refractivity contribution in [1.82, 2.24) is 9.55 Å². The van der Waals surface area contributed by atoms with Crippen LogP contribution in [0.3, 0.4) is 0 Å². The molecule has 27 heavy (non-hydrogen) atoms. The van der Waals surface area contributed by atoms with E-state index in [-0.39, 0.29) is 5.56 Å². The normalized spacial score (nSPS) is 11.2. The number of fused-ring (bicyclic) bond motifs is 1. The molecule has 0 fully saturated rings. The van der Waals surface area contributed by atoms with E-state index in [0.717, 1.165) is 32.0 Å². The molecular weight excluding hydrogens is 372 g/mol. The molecule has 136 valence electrons. The molecule has 0 aliphatic carbocycles. The van der Waals surface area contributed by atoms with Gasteiger partial charge in [-0.1, -0.05) is 48.0 Å².